The first-order valence-electron chi connectivity index (χ1n) is 8.74. The number of halogens is 1. The Kier molecular flexibility index (Phi) is 5.79. The highest BCUT2D eigenvalue weighted by molar-refractivity contribution is 7.91. The lowest BCUT2D eigenvalue weighted by molar-refractivity contribution is -0.133. The Morgan fingerprint density at radius 1 is 1.07 bits per heavy atom. The zero-order valence-electron chi connectivity index (χ0n) is 15.3. The van der Waals surface area contributed by atoms with Crippen molar-refractivity contribution in [2.75, 3.05) is 25.2 Å². The molecule has 0 aliphatic carbocycles. The van der Waals surface area contributed by atoms with Crippen molar-refractivity contribution in [3.05, 3.63) is 65.5 Å². The summed E-state index contributed by atoms with van der Waals surface area (Å²) < 4.78 is 41.5. The van der Waals surface area contributed by atoms with Crippen molar-refractivity contribution >= 4 is 21.5 Å². The third-order valence-corrected chi connectivity index (χ3v) is 6.49. The summed E-state index contributed by atoms with van der Waals surface area (Å²) >= 11 is 0. The molecule has 0 bridgehead atoms. The topological polar surface area (TPSA) is 80.8 Å². The van der Waals surface area contributed by atoms with Crippen LogP contribution in [0.25, 0.3) is 0 Å². The van der Waals surface area contributed by atoms with Crippen LogP contribution in [0.2, 0.25) is 0 Å². The molecule has 0 aromatic heterocycles. The number of carbonyl (C=O) groups excluding carboxylic acids is 2. The molecule has 1 aliphatic heterocycles. The Labute approximate surface area is 162 Å². The van der Waals surface area contributed by atoms with Crippen LogP contribution < -0.4 is 4.74 Å². The summed E-state index contributed by atoms with van der Waals surface area (Å²) in [6.45, 7) is -0.224. The van der Waals surface area contributed by atoms with Gasteiger partial charge in [0.15, 0.2) is 22.2 Å². The van der Waals surface area contributed by atoms with E-state index in [1.807, 2.05) is 0 Å². The molecule has 0 saturated carbocycles. The quantitative estimate of drug-likeness (QED) is 0.688. The van der Waals surface area contributed by atoms with Crippen LogP contribution in [0.5, 0.6) is 5.75 Å². The number of ether oxygens (including phenoxy) is 1. The molecule has 1 fully saturated rings. The predicted octanol–water partition coefficient (Wildman–Crippen LogP) is 2.08. The summed E-state index contributed by atoms with van der Waals surface area (Å²) in [6, 6.07) is 11.2. The number of rotatable bonds is 6. The van der Waals surface area contributed by atoms with Crippen LogP contribution in [0.4, 0.5) is 4.39 Å². The Morgan fingerprint density at radius 2 is 1.64 bits per heavy atom. The molecule has 8 heteroatoms. The largest absolute Gasteiger partial charge is 0.484 e. The molecule has 1 amide bonds. The summed E-state index contributed by atoms with van der Waals surface area (Å²) in [4.78, 5) is 26.0. The van der Waals surface area contributed by atoms with Crippen molar-refractivity contribution in [3.8, 4) is 5.75 Å². The molecule has 1 atom stereocenters. The highest BCUT2D eigenvalue weighted by Crippen LogP contribution is 2.18. The van der Waals surface area contributed by atoms with E-state index in [0.29, 0.717) is 23.3 Å². The number of carbonyl (C=O) groups is 2. The highest BCUT2D eigenvalue weighted by atomic mass is 32.2. The van der Waals surface area contributed by atoms with E-state index in [4.69, 9.17) is 4.74 Å². The smallest absolute Gasteiger partial charge is 0.260 e. The van der Waals surface area contributed by atoms with E-state index in [1.54, 1.807) is 31.3 Å². The van der Waals surface area contributed by atoms with Crippen molar-refractivity contribution < 1.29 is 27.1 Å². The summed E-state index contributed by atoms with van der Waals surface area (Å²) in [5.74, 6) is -0.477. The predicted molar refractivity (Wildman–Crippen MR) is 102 cm³/mol. The van der Waals surface area contributed by atoms with Crippen molar-refractivity contribution in [2.45, 2.75) is 12.5 Å². The van der Waals surface area contributed by atoms with Gasteiger partial charge in [-0.1, -0.05) is 0 Å². The average Bonchev–Trinajstić information content (AvgIpc) is 3.05. The number of sulfone groups is 1. The Morgan fingerprint density at radius 3 is 2.18 bits per heavy atom. The number of hydrogen-bond donors (Lipinski definition) is 0. The van der Waals surface area contributed by atoms with Crippen molar-refractivity contribution in [2.24, 2.45) is 0 Å². The number of benzene rings is 2. The van der Waals surface area contributed by atoms with E-state index in [2.05, 4.69) is 0 Å². The zero-order valence-corrected chi connectivity index (χ0v) is 16.1. The van der Waals surface area contributed by atoms with Gasteiger partial charge in [0.1, 0.15) is 11.6 Å². The summed E-state index contributed by atoms with van der Waals surface area (Å²) in [5.41, 5.74) is 0.789. The molecule has 0 radical (unpaired) electrons. The van der Waals surface area contributed by atoms with Gasteiger partial charge in [-0.25, -0.2) is 12.8 Å². The van der Waals surface area contributed by atoms with E-state index in [1.165, 1.54) is 29.2 Å². The van der Waals surface area contributed by atoms with E-state index >= 15 is 0 Å². The zero-order chi connectivity index (χ0) is 20.3. The van der Waals surface area contributed by atoms with Gasteiger partial charge in [-0.2, -0.15) is 0 Å². The van der Waals surface area contributed by atoms with E-state index < -0.39 is 15.7 Å². The van der Waals surface area contributed by atoms with Gasteiger partial charge in [-0.15, -0.1) is 0 Å². The molecule has 148 valence electrons. The monoisotopic (exact) mass is 405 g/mol. The van der Waals surface area contributed by atoms with Gasteiger partial charge in [0.05, 0.1) is 11.5 Å². The van der Waals surface area contributed by atoms with E-state index in [9.17, 15) is 22.4 Å². The van der Waals surface area contributed by atoms with Crippen LogP contribution in [-0.4, -0.2) is 56.2 Å². The van der Waals surface area contributed by atoms with Crippen LogP contribution in [0.3, 0.4) is 0 Å². The first kappa shape index (κ1) is 20.0. The first-order valence-corrected chi connectivity index (χ1v) is 10.6. The minimum Gasteiger partial charge on any atom is -0.484 e. The van der Waals surface area contributed by atoms with Crippen molar-refractivity contribution in [1.82, 2.24) is 4.90 Å². The standard InChI is InChI=1S/C20H20FNO5S/c1-22(17-10-11-28(25,26)13-17)19(23)12-27-18-8-4-15(5-9-18)20(24)14-2-6-16(21)7-3-14/h2-9,17H,10-13H2,1H3/t17-/m1/s1. The fourth-order valence-electron chi connectivity index (χ4n) is 3.00. The van der Waals surface area contributed by atoms with Gasteiger partial charge in [-0.05, 0) is 55.0 Å². The molecule has 6 nitrogen and oxygen atoms in total. The number of ketones is 1. The number of amides is 1. The fraction of sp³-hybridized carbons (Fsp3) is 0.300. The lowest BCUT2D eigenvalue weighted by atomic mass is 10.0. The Balaban J connectivity index is 1.56. The minimum absolute atomic E-state index is 0.0184. The number of nitrogens with zero attached hydrogens (tertiary/aromatic N) is 1. The molecular weight excluding hydrogens is 385 g/mol. The van der Waals surface area contributed by atoms with Gasteiger partial charge in [0, 0.05) is 24.2 Å². The normalized spacial score (nSPS) is 17.9. The SMILES string of the molecule is CN(C(=O)COc1ccc(C(=O)c2ccc(F)cc2)cc1)[C@@H]1CCS(=O)(=O)C1. The lowest BCUT2D eigenvalue weighted by Gasteiger charge is -2.23. The molecule has 1 saturated heterocycles. The summed E-state index contributed by atoms with van der Waals surface area (Å²) in [6.07, 6.45) is 0.435. The second kappa shape index (κ2) is 8.10. The van der Waals surface area contributed by atoms with Crippen LogP contribution in [0.1, 0.15) is 22.3 Å². The van der Waals surface area contributed by atoms with E-state index in [-0.39, 0.29) is 35.8 Å². The molecule has 2 aromatic rings. The third-order valence-electron chi connectivity index (χ3n) is 4.73. The maximum absolute atomic E-state index is 13.0. The van der Waals surface area contributed by atoms with Crippen LogP contribution in [0.15, 0.2) is 48.5 Å². The maximum atomic E-state index is 13.0. The number of hydrogen-bond acceptors (Lipinski definition) is 5. The Hall–Kier alpha value is -2.74. The van der Waals surface area contributed by atoms with Gasteiger partial charge in [0.25, 0.3) is 5.91 Å². The fourth-order valence-corrected chi connectivity index (χ4v) is 4.78. The lowest BCUT2D eigenvalue weighted by Crippen LogP contribution is -2.40. The van der Waals surface area contributed by atoms with Crippen LogP contribution in [0, 0.1) is 5.82 Å². The molecule has 1 heterocycles. The molecule has 28 heavy (non-hydrogen) atoms. The van der Waals surface area contributed by atoms with E-state index in [0.717, 1.165) is 0 Å². The second-order valence-corrected chi connectivity index (χ2v) is 8.94. The van der Waals surface area contributed by atoms with Gasteiger partial charge >= 0.3 is 0 Å². The Bertz CT molecular complexity index is 971. The van der Waals surface area contributed by atoms with Crippen molar-refractivity contribution in [3.63, 3.8) is 0 Å². The molecule has 3 rings (SSSR count). The van der Waals surface area contributed by atoms with Gasteiger partial charge in [0.2, 0.25) is 0 Å². The second-order valence-electron chi connectivity index (χ2n) is 6.71. The van der Waals surface area contributed by atoms with Crippen LogP contribution in [-0.2, 0) is 14.6 Å². The third kappa shape index (κ3) is 4.75. The molecular formula is C20H20FNO5S. The highest BCUT2D eigenvalue weighted by Gasteiger charge is 2.32. The molecule has 2 aromatic carbocycles. The molecule has 0 unspecified atom stereocenters. The maximum Gasteiger partial charge on any atom is 0.260 e. The molecule has 0 spiro atoms. The molecule has 1 aliphatic rings. The van der Waals surface area contributed by atoms with Gasteiger partial charge < -0.3 is 9.64 Å². The van der Waals surface area contributed by atoms with Crippen molar-refractivity contribution in [1.29, 1.82) is 0 Å². The summed E-state index contributed by atoms with van der Waals surface area (Å²) in [5, 5.41) is 0. The number of likely N-dealkylation sites (N-methyl/N-ethyl adjacent to an activating group) is 1. The molecule has 0 N–H and O–H groups in total. The van der Waals surface area contributed by atoms with Gasteiger partial charge in [-0.3, -0.25) is 9.59 Å². The average molecular weight is 405 g/mol. The first-order chi connectivity index (χ1) is 13.2. The van der Waals surface area contributed by atoms with Crippen LogP contribution >= 0.6 is 0 Å². The summed E-state index contributed by atoms with van der Waals surface area (Å²) in [7, 11) is -1.50. The minimum atomic E-state index is -3.07.